The fraction of sp³-hybridized carbons (Fsp3) is 0.636. The van der Waals surface area contributed by atoms with Gasteiger partial charge in [0.15, 0.2) is 0 Å². The molecule has 1 aromatic carbocycles. The molecule has 1 aliphatic carbocycles. The van der Waals surface area contributed by atoms with Crippen molar-refractivity contribution in [1.82, 2.24) is 9.80 Å². The van der Waals surface area contributed by atoms with Gasteiger partial charge in [-0.2, -0.15) is 0 Å². The zero-order valence-corrected chi connectivity index (χ0v) is 17.2. The van der Waals surface area contributed by atoms with Gasteiger partial charge in [0.2, 0.25) is 5.91 Å². The number of benzene rings is 1. The maximum absolute atomic E-state index is 12.8. The number of carbonyl (C=O) groups excluding carboxylic acids is 2. The smallest absolute Gasteiger partial charge is 0.410 e. The lowest BCUT2D eigenvalue weighted by Gasteiger charge is -2.36. The van der Waals surface area contributed by atoms with Crippen LogP contribution < -0.4 is 0 Å². The second-order valence-electron chi connectivity index (χ2n) is 8.86. The summed E-state index contributed by atoms with van der Waals surface area (Å²) in [6, 6.07) is 10.2. The Labute approximate surface area is 162 Å². The number of carbonyl (C=O) groups is 2. The largest absolute Gasteiger partial charge is 0.444 e. The molecule has 1 saturated heterocycles. The van der Waals surface area contributed by atoms with Crippen molar-refractivity contribution in [2.75, 3.05) is 13.1 Å². The molecule has 2 aliphatic rings. The number of hydrogen-bond donors (Lipinski definition) is 0. The summed E-state index contributed by atoms with van der Waals surface area (Å²) < 4.78 is 5.64. The van der Waals surface area contributed by atoms with Crippen LogP contribution in [-0.4, -0.2) is 46.0 Å². The van der Waals surface area contributed by atoms with Crippen LogP contribution in [0.4, 0.5) is 4.79 Å². The highest BCUT2D eigenvalue weighted by Crippen LogP contribution is 2.52. The van der Waals surface area contributed by atoms with E-state index in [1.165, 1.54) is 0 Å². The van der Waals surface area contributed by atoms with Crippen molar-refractivity contribution in [3.8, 4) is 0 Å². The van der Waals surface area contributed by atoms with Crippen molar-refractivity contribution >= 4 is 12.0 Å². The number of rotatable bonds is 5. The minimum atomic E-state index is -0.514. The summed E-state index contributed by atoms with van der Waals surface area (Å²) in [6.45, 7) is 11.1. The molecule has 0 N–H and O–H groups in total. The molecule has 5 heteroatoms. The van der Waals surface area contributed by atoms with Gasteiger partial charge in [-0.15, -0.1) is 0 Å². The van der Waals surface area contributed by atoms with Gasteiger partial charge in [-0.3, -0.25) is 4.79 Å². The van der Waals surface area contributed by atoms with Crippen LogP contribution >= 0.6 is 0 Å². The summed E-state index contributed by atoms with van der Waals surface area (Å²) in [5, 5.41) is 0. The first kappa shape index (κ1) is 19.7. The lowest BCUT2D eigenvalue weighted by Crippen LogP contribution is -2.49. The second kappa shape index (κ2) is 7.17. The van der Waals surface area contributed by atoms with E-state index in [0.29, 0.717) is 19.5 Å². The molecule has 0 bridgehead atoms. The van der Waals surface area contributed by atoms with Gasteiger partial charge in [-0.05, 0) is 53.0 Å². The van der Waals surface area contributed by atoms with E-state index in [0.717, 1.165) is 18.4 Å². The molecule has 3 rings (SSSR count). The Morgan fingerprint density at radius 2 is 1.93 bits per heavy atom. The third kappa shape index (κ3) is 3.97. The highest BCUT2D eigenvalue weighted by molar-refractivity contribution is 5.80. The van der Waals surface area contributed by atoms with Crippen LogP contribution in [-0.2, 0) is 9.53 Å². The third-order valence-corrected chi connectivity index (χ3v) is 5.90. The Kier molecular flexibility index (Phi) is 5.24. The number of amides is 2. The molecule has 1 aromatic rings. The standard InChI is InChI=1S/C22H32N2O3/c1-6-24(20(26)27-21(3,4)5)22(12-13-22)18-14-19(25)23(15-18)16(2)17-10-8-7-9-11-17/h7-11,16,18H,6,12-15H2,1-5H3/t16-,18+/m0/s1. The van der Waals surface area contributed by atoms with Crippen molar-refractivity contribution in [3.63, 3.8) is 0 Å². The normalized spacial score (nSPS) is 22.5. The van der Waals surface area contributed by atoms with E-state index in [4.69, 9.17) is 4.74 Å². The molecule has 1 saturated carbocycles. The first-order valence-electron chi connectivity index (χ1n) is 10.0. The summed E-state index contributed by atoms with van der Waals surface area (Å²) in [4.78, 5) is 29.4. The van der Waals surface area contributed by atoms with E-state index in [1.54, 1.807) is 0 Å². The van der Waals surface area contributed by atoms with E-state index in [-0.39, 0.29) is 29.5 Å². The minimum absolute atomic E-state index is 0.0519. The van der Waals surface area contributed by atoms with E-state index in [2.05, 4.69) is 19.1 Å². The SMILES string of the molecule is CCN(C(=O)OC(C)(C)C)C1([C@@H]2CC(=O)N([C@@H](C)c3ccccc3)C2)CC1. The molecule has 0 radical (unpaired) electrons. The van der Waals surface area contributed by atoms with Gasteiger partial charge in [0.05, 0.1) is 11.6 Å². The van der Waals surface area contributed by atoms with Gasteiger partial charge >= 0.3 is 6.09 Å². The number of nitrogens with zero attached hydrogens (tertiary/aromatic N) is 2. The molecule has 5 nitrogen and oxygen atoms in total. The van der Waals surface area contributed by atoms with Gasteiger partial charge in [-0.1, -0.05) is 30.3 Å². The summed E-state index contributed by atoms with van der Waals surface area (Å²) in [5.41, 5.74) is 0.411. The van der Waals surface area contributed by atoms with Crippen LogP contribution in [0, 0.1) is 5.92 Å². The lowest BCUT2D eigenvalue weighted by molar-refractivity contribution is -0.129. The van der Waals surface area contributed by atoms with Crippen molar-refractivity contribution in [2.45, 2.75) is 71.1 Å². The molecular formula is C22H32N2O3. The summed E-state index contributed by atoms with van der Waals surface area (Å²) in [6.07, 6.45) is 2.15. The highest BCUT2D eigenvalue weighted by Gasteiger charge is 2.58. The molecule has 0 aromatic heterocycles. The van der Waals surface area contributed by atoms with E-state index in [9.17, 15) is 9.59 Å². The fourth-order valence-electron chi connectivity index (χ4n) is 4.35. The predicted molar refractivity (Wildman–Crippen MR) is 105 cm³/mol. The van der Waals surface area contributed by atoms with Gasteiger partial charge in [0.1, 0.15) is 5.60 Å². The Balaban J connectivity index is 1.74. The van der Waals surface area contributed by atoms with Gasteiger partial charge < -0.3 is 14.5 Å². The lowest BCUT2D eigenvalue weighted by atomic mass is 9.94. The minimum Gasteiger partial charge on any atom is -0.444 e. The second-order valence-corrected chi connectivity index (χ2v) is 8.86. The molecule has 2 atom stereocenters. The first-order chi connectivity index (χ1) is 12.7. The van der Waals surface area contributed by atoms with Crippen LogP contribution in [0.3, 0.4) is 0 Å². The maximum Gasteiger partial charge on any atom is 0.410 e. The van der Waals surface area contributed by atoms with Crippen LogP contribution in [0.15, 0.2) is 30.3 Å². The maximum atomic E-state index is 12.8. The monoisotopic (exact) mass is 372 g/mol. The van der Waals surface area contributed by atoms with Crippen molar-refractivity contribution in [2.24, 2.45) is 5.92 Å². The Hall–Kier alpha value is -2.04. The molecular weight excluding hydrogens is 340 g/mol. The molecule has 1 aliphatic heterocycles. The van der Waals surface area contributed by atoms with Crippen LogP contribution in [0.1, 0.15) is 65.5 Å². The predicted octanol–water partition coefficient (Wildman–Crippen LogP) is 4.39. The molecule has 0 unspecified atom stereocenters. The van der Waals surface area contributed by atoms with E-state index < -0.39 is 5.60 Å². The number of likely N-dealkylation sites (tertiary alicyclic amines) is 1. The number of hydrogen-bond acceptors (Lipinski definition) is 3. The zero-order valence-electron chi connectivity index (χ0n) is 17.2. The van der Waals surface area contributed by atoms with Crippen molar-refractivity contribution in [1.29, 1.82) is 0 Å². The van der Waals surface area contributed by atoms with Gasteiger partial charge in [-0.25, -0.2) is 4.79 Å². The topological polar surface area (TPSA) is 49.9 Å². The summed E-state index contributed by atoms with van der Waals surface area (Å²) in [5.74, 6) is 0.353. The fourth-order valence-corrected chi connectivity index (χ4v) is 4.35. The number of ether oxygens (including phenoxy) is 1. The van der Waals surface area contributed by atoms with Crippen LogP contribution in [0.5, 0.6) is 0 Å². The molecule has 2 amide bonds. The molecule has 27 heavy (non-hydrogen) atoms. The average Bonchev–Trinajstić information content (AvgIpc) is 3.29. The van der Waals surface area contributed by atoms with E-state index in [1.807, 2.05) is 55.7 Å². The van der Waals surface area contributed by atoms with Crippen LogP contribution in [0.25, 0.3) is 0 Å². The Morgan fingerprint density at radius 3 is 2.44 bits per heavy atom. The average molecular weight is 373 g/mol. The summed E-state index contributed by atoms with van der Waals surface area (Å²) >= 11 is 0. The Morgan fingerprint density at radius 1 is 1.30 bits per heavy atom. The van der Waals surface area contributed by atoms with Gasteiger partial charge in [0, 0.05) is 25.4 Å². The molecule has 2 fully saturated rings. The molecule has 1 heterocycles. The molecule has 148 valence electrons. The Bertz CT molecular complexity index is 691. The molecule has 0 spiro atoms. The van der Waals surface area contributed by atoms with Crippen molar-refractivity contribution in [3.05, 3.63) is 35.9 Å². The van der Waals surface area contributed by atoms with E-state index >= 15 is 0 Å². The highest BCUT2D eigenvalue weighted by atomic mass is 16.6. The van der Waals surface area contributed by atoms with Crippen molar-refractivity contribution < 1.29 is 14.3 Å². The van der Waals surface area contributed by atoms with Gasteiger partial charge in [0.25, 0.3) is 0 Å². The third-order valence-electron chi connectivity index (χ3n) is 5.90. The zero-order chi connectivity index (χ0) is 19.8. The van der Waals surface area contributed by atoms with Crippen LogP contribution in [0.2, 0.25) is 0 Å². The first-order valence-corrected chi connectivity index (χ1v) is 10.0. The quantitative estimate of drug-likeness (QED) is 0.770. The summed E-state index contributed by atoms with van der Waals surface area (Å²) in [7, 11) is 0.